The Morgan fingerprint density at radius 3 is 2.40 bits per heavy atom. The monoisotopic (exact) mass is 652 g/mol. The van der Waals surface area contributed by atoms with Crippen LogP contribution in [-0.4, -0.2) is 52.1 Å². The Hall–Kier alpha value is -4.13. The molecule has 0 aliphatic carbocycles. The predicted octanol–water partition coefficient (Wildman–Crippen LogP) is 6.07. The van der Waals surface area contributed by atoms with Gasteiger partial charge in [-0.25, -0.2) is 27.9 Å². The number of hydrogen-bond acceptors (Lipinski definition) is 9. The third kappa shape index (κ3) is 9.68. The first kappa shape index (κ1) is 33.8. The van der Waals surface area contributed by atoms with Crippen LogP contribution in [-0.2, 0) is 16.6 Å². The Balaban J connectivity index is 1.65. The molecule has 4 rings (SSSR count). The van der Waals surface area contributed by atoms with Crippen LogP contribution in [0.15, 0.2) is 65.8 Å². The first-order valence-electron chi connectivity index (χ1n) is 14.3. The third-order valence-electron chi connectivity index (χ3n) is 6.96. The smallest absolute Gasteiger partial charge is 0.335 e. The lowest BCUT2D eigenvalue weighted by Gasteiger charge is -2.24. The maximum Gasteiger partial charge on any atom is 0.335 e. The first-order chi connectivity index (χ1) is 21.2. The molecule has 0 aliphatic heterocycles. The summed E-state index contributed by atoms with van der Waals surface area (Å²) in [4.78, 5) is 28.5. The normalized spacial score (nSPS) is 12.5. The van der Waals surface area contributed by atoms with E-state index in [0.29, 0.717) is 23.1 Å². The number of hydrogen-bond donors (Lipinski definition) is 3. The molecular formula is C32H37ClN6O5S. The second-order valence-corrected chi connectivity index (χ2v) is 14.0. The predicted molar refractivity (Wildman–Crippen MR) is 173 cm³/mol. The number of carboxylic acid groups (broad SMARTS) is 1. The molecule has 2 heterocycles. The van der Waals surface area contributed by atoms with Gasteiger partial charge in [-0.15, -0.1) is 0 Å². The molecule has 0 saturated carbocycles. The van der Waals surface area contributed by atoms with Crippen LogP contribution in [0.1, 0.15) is 60.8 Å². The zero-order valence-electron chi connectivity index (χ0n) is 25.8. The summed E-state index contributed by atoms with van der Waals surface area (Å²) in [5, 5.41) is 13.1. The maximum atomic E-state index is 13.3. The van der Waals surface area contributed by atoms with Crippen LogP contribution >= 0.6 is 11.6 Å². The molecule has 1 atom stereocenters. The van der Waals surface area contributed by atoms with Crippen LogP contribution in [0.25, 0.3) is 11.3 Å². The average Bonchev–Trinajstić information content (AvgIpc) is 2.96. The van der Waals surface area contributed by atoms with Crippen LogP contribution in [0.3, 0.4) is 0 Å². The van der Waals surface area contributed by atoms with Crippen molar-refractivity contribution in [2.45, 2.75) is 64.9 Å². The number of nitrogens with zero attached hydrogens (tertiary/aromatic N) is 4. The standard InChI is InChI=1S/C32H37ClN6O5S/c1-20-8-6-9-21(2)29(20)26-15-28(38-31(37-26)39-45(42,43)25-11-7-10-22(14-25)30(40)41)44-19-23(12-13-32(3,4)5)35-17-24-16-34-18-27(33)36-24/h6-11,14-16,18,23,35H,12-13,17,19H2,1-5H3,(H,40,41)(H,37,38,39)/t23-/m1/s1. The summed E-state index contributed by atoms with van der Waals surface area (Å²) in [7, 11) is -4.23. The number of benzene rings is 2. The largest absolute Gasteiger partial charge is 0.478 e. The summed E-state index contributed by atoms with van der Waals surface area (Å²) in [6.07, 6.45) is 4.81. The summed E-state index contributed by atoms with van der Waals surface area (Å²) in [5.74, 6) is -1.28. The number of carboxylic acids is 1. The average molecular weight is 653 g/mol. The highest BCUT2D eigenvalue weighted by Crippen LogP contribution is 2.30. The van der Waals surface area contributed by atoms with Crippen LogP contribution in [0, 0.1) is 19.3 Å². The van der Waals surface area contributed by atoms with Crippen LogP contribution in [0.5, 0.6) is 5.88 Å². The van der Waals surface area contributed by atoms with Crippen molar-refractivity contribution < 1.29 is 23.1 Å². The topological polar surface area (TPSA) is 156 Å². The number of carbonyl (C=O) groups is 1. The van der Waals surface area contributed by atoms with Gasteiger partial charge < -0.3 is 15.2 Å². The Bertz CT molecular complexity index is 1760. The van der Waals surface area contributed by atoms with Gasteiger partial charge >= 0.3 is 5.97 Å². The molecule has 13 heteroatoms. The number of nitrogens with one attached hydrogen (secondary N) is 2. The minimum Gasteiger partial charge on any atom is -0.478 e. The number of halogens is 1. The molecule has 2 aromatic heterocycles. The van der Waals surface area contributed by atoms with Gasteiger partial charge in [-0.3, -0.25) is 4.98 Å². The van der Waals surface area contributed by atoms with Crippen molar-refractivity contribution in [2.24, 2.45) is 5.41 Å². The van der Waals surface area contributed by atoms with E-state index in [2.05, 4.69) is 50.7 Å². The number of rotatable bonds is 13. The summed E-state index contributed by atoms with van der Waals surface area (Å²) in [6.45, 7) is 11.0. The molecular weight excluding hydrogens is 616 g/mol. The van der Waals surface area contributed by atoms with Crippen LogP contribution in [0.2, 0.25) is 5.15 Å². The van der Waals surface area contributed by atoms with Crippen molar-refractivity contribution in [3.63, 3.8) is 0 Å². The molecule has 11 nitrogen and oxygen atoms in total. The molecule has 0 bridgehead atoms. The summed E-state index contributed by atoms with van der Waals surface area (Å²) < 4.78 is 35.2. The van der Waals surface area contributed by atoms with E-state index < -0.39 is 16.0 Å². The van der Waals surface area contributed by atoms with Crippen LogP contribution in [0.4, 0.5) is 5.95 Å². The van der Waals surface area contributed by atoms with Crippen molar-refractivity contribution in [3.8, 4) is 17.1 Å². The van der Waals surface area contributed by atoms with Gasteiger partial charge in [0.1, 0.15) is 11.8 Å². The maximum absolute atomic E-state index is 13.3. The van der Waals surface area contributed by atoms with Crippen molar-refractivity contribution in [1.29, 1.82) is 0 Å². The van der Waals surface area contributed by atoms with E-state index in [1.807, 2.05) is 32.0 Å². The van der Waals surface area contributed by atoms with Gasteiger partial charge in [0.15, 0.2) is 0 Å². The van der Waals surface area contributed by atoms with E-state index in [0.717, 1.165) is 35.6 Å². The van der Waals surface area contributed by atoms with Gasteiger partial charge in [0.2, 0.25) is 11.8 Å². The van der Waals surface area contributed by atoms with Gasteiger partial charge in [0.25, 0.3) is 10.0 Å². The van der Waals surface area contributed by atoms with Gasteiger partial charge in [-0.1, -0.05) is 56.6 Å². The van der Waals surface area contributed by atoms with E-state index in [1.165, 1.54) is 24.4 Å². The Labute approximate surface area is 268 Å². The van der Waals surface area contributed by atoms with E-state index in [1.54, 1.807) is 12.3 Å². The fraction of sp³-hybridized carbons (Fsp3) is 0.344. The van der Waals surface area contributed by atoms with E-state index >= 15 is 0 Å². The summed E-state index contributed by atoms with van der Waals surface area (Å²) in [5.41, 5.74) is 3.78. The minimum absolute atomic E-state index is 0.0869. The number of sulfonamides is 1. The molecule has 0 amide bonds. The van der Waals surface area contributed by atoms with Gasteiger partial charge in [0.05, 0.1) is 28.0 Å². The zero-order valence-corrected chi connectivity index (χ0v) is 27.4. The zero-order chi connectivity index (χ0) is 32.8. The third-order valence-corrected chi connectivity index (χ3v) is 8.47. The highest BCUT2D eigenvalue weighted by Gasteiger charge is 2.21. The lowest BCUT2D eigenvalue weighted by atomic mass is 9.89. The van der Waals surface area contributed by atoms with Crippen molar-refractivity contribution in [1.82, 2.24) is 25.3 Å². The van der Waals surface area contributed by atoms with E-state index in [9.17, 15) is 18.3 Å². The lowest BCUT2D eigenvalue weighted by Crippen LogP contribution is -2.35. The number of aromatic carboxylic acids is 1. The highest BCUT2D eigenvalue weighted by molar-refractivity contribution is 7.92. The molecule has 3 N–H and O–H groups in total. The van der Waals surface area contributed by atoms with Gasteiger partial charge in [0, 0.05) is 30.4 Å². The highest BCUT2D eigenvalue weighted by atomic mass is 35.5. The molecule has 0 spiro atoms. The Kier molecular flexibility index (Phi) is 10.7. The SMILES string of the molecule is Cc1cccc(C)c1-c1cc(OC[C@@H](CCC(C)(C)C)NCc2cncc(Cl)n2)nc(NS(=O)(=O)c2cccc(C(=O)O)c2)n1. The van der Waals surface area contributed by atoms with Crippen molar-refractivity contribution >= 4 is 33.5 Å². The molecule has 0 aliphatic rings. The number of aromatic nitrogens is 4. The van der Waals surface area contributed by atoms with Crippen LogP contribution < -0.4 is 14.8 Å². The molecule has 0 fully saturated rings. The van der Waals surface area contributed by atoms with E-state index in [4.69, 9.17) is 16.3 Å². The van der Waals surface area contributed by atoms with E-state index in [-0.39, 0.29) is 40.4 Å². The van der Waals surface area contributed by atoms with Crippen molar-refractivity contribution in [2.75, 3.05) is 11.3 Å². The van der Waals surface area contributed by atoms with Gasteiger partial charge in [-0.2, -0.15) is 4.98 Å². The summed E-state index contributed by atoms with van der Waals surface area (Å²) in [6, 6.07) is 12.4. The summed E-state index contributed by atoms with van der Waals surface area (Å²) >= 11 is 6.02. The molecule has 2 aromatic carbocycles. The Morgan fingerprint density at radius 2 is 1.73 bits per heavy atom. The fourth-order valence-corrected chi connectivity index (χ4v) is 5.77. The Morgan fingerprint density at radius 1 is 1.02 bits per heavy atom. The molecule has 0 unspecified atom stereocenters. The molecule has 45 heavy (non-hydrogen) atoms. The second-order valence-electron chi connectivity index (χ2n) is 11.9. The molecule has 4 aromatic rings. The lowest BCUT2D eigenvalue weighted by molar-refractivity contribution is 0.0696. The number of aryl methyl sites for hydroxylation is 2. The molecule has 0 saturated heterocycles. The van der Waals surface area contributed by atoms with Crippen molar-refractivity contribution in [3.05, 3.63) is 88.5 Å². The number of anilines is 1. The molecule has 238 valence electrons. The number of ether oxygens (including phenoxy) is 1. The second kappa shape index (κ2) is 14.3. The quantitative estimate of drug-likeness (QED) is 0.155. The minimum atomic E-state index is -4.23. The first-order valence-corrected chi connectivity index (χ1v) is 16.2. The molecule has 0 radical (unpaired) electrons. The fourth-order valence-electron chi connectivity index (χ4n) is 4.62. The van der Waals surface area contributed by atoms with Gasteiger partial charge in [-0.05, 0) is 61.4 Å².